The van der Waals surface area contributed by atoms with Crippen molar-refractivity contribution in [3.05, 3.63) is 0 Å². The van der Waals surface area contributed by atoms with Crippen LogP contribution in [0.25, 0.3) is 0 Å². The van der Waals surface area contributed by atoms with Crippen LogP contribution in [0.4, 0.5) is 0 Å². The van der Waals surface area contributed by atoms with Crippen LogP contribution in [0.15, 0.2) is 0 Å². The van der Waals surface area contributed by atoms with Crippen molar-refractivity contribution >= 4 is 5.91 Å². The molecule has 98 valence electrons. The molecule has 0 bridgehead atoms. The molecule has 2 rings (SSSR count). The molecule has 2 saturated heterocycles. The van der Waals surface area contributed by atoms with Gasteiger partial charge in [0.1, 0.15) is 0 Å². The monoisotopic (exact) mass is 239 g/mol. The Morgan fingerprint density at radius 3 is 2.35 bits per heavy atom. The third-order valence-electron chi connectivity index (χ3n) is 4.19. The number of amides is 1. The quantitative estimate of drug-likeness (QED) is 0.793. The zero-order valence-electron chi connectivity index (χ0n) is 10.9. The van der Waals surface area contributed by atoms with Gasteiger partial charge in [0.05, 0.1) is 6.04 Å². The van der Waals surface area contributed by atoms with Crippen LogP contribution in [0.3, 0.4) is 0 Å². The Labute approximate surface area is 104 Å². The summed E-state index contributed by atoms with van der Waals surface area (Å²) in [6, 6.07) is 0.415. The summed E-state index contributed by atoms with van der Waals surface area (Å²) in [6.45, 7) is 6.28. The zero-order chi connectivity index (χ0) is 12.3. The van der Waals surface area contributed by atoms with E-state index in [0.29, 0.717) is 6.04 Å². The number of hydrogen-bond donors (Lipinski definition) is 1. The number of nitrogens with zero attached hydrogens (tertiary/aromatic N) is 2. The lowest BCUT2D eigenvalue weighted by Gasteiger charge is -2.37. The van der Waals surface area contributed by atoms with Gasteiger partial charge in [0.2, 0.25) is 5.91 Å². The van der Waals surface area contributed by atoms with Crippen LogP contribution in [-0.2, 0) is 4.79 Å². The van der Waals surface area contributed by atoms with Crippen LogP contribution in [0.1, 0.15) is 39.0 Å². The highest BCUT2D eigenvalue weighted by molar-refractivity contribution is 5.81. The molecular formula is C13H25N3O. The van der Waals surface area contributed by atoms with Gasteiger partial charge in [-0.3, -0.25) is 4.79 Å². The molecule has 2 aliphatic rings. The lowest BCUT2D eigenvalue weighted by molar-refractivity contribution is -0.134. The Hall–Kier alpha value is -0.610. The van der Waals surface area contributed by atoms with Crippen molar-refractivity contribution in [1.29, 1.82) is 0 Å². The maximum Gasteiger partial charge on any atom is 0.239 e. The molecule has 2 N–H and O–H groups in total. The normalized spacial score (nSPS) is 25.2. The first-order valence-corrected chi connectivity index (χ1v) is 7.00. The number of hydrogen-bond acceptors (Lipinski definition) is 3. The fraction of sp³-hybridized carbons (Fsp3) is 0.923. The molecule has 4 heteroatoms. The summed E-state index contributed by atoms with van der Waals surface area (Å²) in [5.41, 5.74) is 5.80. The van der Waals surface area contributed by atoms with E-state index in [0.717, 1.165) is 32.4 Å². The summed E-state index contributed by atoms with van der Waals surface area (Å²) in [7, 11) is 0. The van der Waals surface area contributed by atoms with Crippen LogP contribution >= 0.6 is 0 Å². The molecule has 0 aliphatic carbocycles. The van der Waals surface area contributed by atoms with Crippen LogP contribution in [0.5, 0.6) is 0 Å². The summed E-state index contributed by atoms with van der Waals surface area (Å²) in [4.78, 5) is 16.5. The second-order valence-electron chi connectivity index (χ2n) is 5.31. The number of rotatable bonds is 3. The van der Waals surface area contributed by atoms with E-state index in [1.54, 1.807) is 0 Å². The van der Waals surface area contributed by atoms with Gasteiger partial charge in [0.15, 0.2) is 0 Å². The fourth-order valence-corrected chi connectivity index (χ4v) is 2.97. The highest BCUT2D eigenvalue weighted by atomic mass is 16.2. The number of nitrogens with two attached hydrogens (primary N) is 1. The molecule has 1 amide bonds. The molecule has 0 saturated carbocycles. The van der Waals surface area contributed by atoms with E-state index in [-0.39, 0.29) is 11.9 Å². The summed E-state index contributed by atoms with van der Waals surface area (Å²) >= 11 is 0. The molecule has 1 atom stereocenters. The summed E-state index contributed by atoms with van der Waals surface area (Å²) < 4.78 is 0. The minimum Gasteiger partial charge on any atom is -0.341 e. The number of likely N-dealkylation sites (tertiary alicyclic amines) is 2. The van der Waals surface area contributed by atoms with Crippen LogP contribution < -0.4 is 5.73 Å². The molecule has 0 aromatic rings. The predicted molar refractivity (Wildman–Crippen MR) is 68.7 cm³/mol. The van der Waals surface area contributed by atoms with Crippen LogP contribution in [0.2, 0.25) is 0 Å². The molecule has 17 heavy (non-hydrogen) atoms. The van der Waals surface area contributed by atoms with Gasteiger partial charge in [-0.1, -0.05) is 6.92 Å². The first-order valence-electron chi connectivity index (χ1n) is 7.00. The third-order valence-corrected chi connectivity index (χ3v) is 4.19. The van der Waals surface area contributed by atoms with Crippen molar-refractivity contribution in [2.45, 2.75) is 51.1 Å². The molecule has 0 unspecified atom stereocenters. The van der Waals surface area contributed by atoms with Crippen molar-refractivity contribution in [3.63, 3.8) is 0 Å². The van der Waals surface area contributed by atoms with Gasteiger partial charge in [-0.15, -0.1) is 0 Å². The molecule has 0 aromatic carbocycles. The van der Waals surface area contributed by atoms with E-state index in [9.17, 15) is 4.79 Å². The van der Waals surface area contributed by atoms with Gasteiger partial charge < -0.3 is 15.5 Å². The van der Waals surface area contributed by atoms with Crippen molar-refractivity contribution in [3.8, 4) is 0 Å². The van der Waals surface area contributed by atoms with E-state index in [1.807, 2.05) is 11.8 Å². The van der Waals surface area contributed by atoms with Crippen molar-refractivity contribution in [2.75, 3.05) is 26.2 Å². The largest absolute Gasteiger partial charge is 0.341 e. The average molecular weight is 239 g/mol. The lowest BCUT2D eigenvalue weighted by Crippen LogP contribution is -2.50. The van der Waals surface area contributed by atoms with E-state index < -0.39 is 0 Å². The lowest BCUT2D eigenvalue weighted by atomic mass is 10.0. The number of piperidine rings is 1. The highest BCUT2D eigenvalue weighted by Gasteiger charge is 2.29. The Balaban J connectivity index is 1.79. The minimum absolute atomic E-state index is 0.146. The Morgan fingerprint density at radius 2 is 1.82 bits per heavy atom. The fourth-order valence-electron chi connectivity index (χ4n) is 2.97. The Kier molecular flexibility index (Phi) is 4.40. The Bertz CT molecular complexity index is 255. The second kappa shape index (κ2) is 5.83. The topological polar surface area (TPSA) is 49.6 Å². The summed E-state index contributed by atoms with van der Waals surface area (Å²) in [5, 5.41) is 0. The first kappa shape index (κ1) is 12.8. The highest BCUT2D eigenvalue weighted by Crippen LogP contribution is 2.21. The van der Waals surface area contributed by atoms with Gasteiger partial charge in [-0.05, 0) is 45.2 Å². The SMILES string of the molecule is CC[C@H](N)C(=O)N1CCC(N2CCCC2)CC1. The first-order chi connectivity index (χ1) is 8.22. The van der Waals surface area contributed by atoms with Crippen LogP contribution in [-0.4, -0.2) is 54.0 Å². The molecule has 2 heterocycles. The molecular weight excluding hydrogens is 214 g/mol. The van der Waals surface area contributed by atoms with E-state index in [4.69, 9.17) is 5.73 Å². The van der Waals surface area contributed by atoms with Crippen molar-refractivity contribution < 1.29 is 4.79 Å². The maximum absolute atomic E-state index is 11.9. The van der Waals surface area contributed by atoms with Gasteiger partial charge >= 0.3 is 0 Å². The van der Waals surface area contributed by atoms with Gasteiger partial charge in [-0.25, -0.2) is 0 Å². The number of carbonyl (C=O) groups excluding carboxylic acids is 1. The van der Waals surface area contributed by atoms with Gasteiger partial charge in [0.25, 0.3) is 0 Å². The molecule has 2 aliphatic heterocycles. The number of carbonyl (C=O) groups is 1. The van der Waals surface area contributed by atoms with Gasteiger partial charge in [0, 0.05) is 19.1 Å². The molecule has 2 fully saturated rings. The van der Waals surface area contributed by atoms with E-state index >= 15 is 0 Å². The summed E-state index contributed by atoms with van der Waals surface area (Å²) in [6.07, 6.45) is 5.69. The predicted octanol–water partition coefficient (Wildman–Crippen LogP) is 0.811. The smallest absolute Gasteiger partial charge is 0.239 e. The van der Waals surface area contributed by atoms with Crippen LogP contribution in [0, 0.1) is 0 Å². The van der Waals surface area contributed by atoms with Crippen molar-refractivity contribution in [2.24, 2.45) is 5.73 Å². The standard InChI is InChI=1S/C13H25N3O/c1-2-12(14)13(17)16-9-5-11(6-10-16)15-7-3-4-8-15/h11-12H,2-10,14H2,1H3/t12-/m0/s1. The minimum atomic E-state index is -0.293. The second-order valence-corrected chi connectivity index (χ2v) is 5.31. The third kappa shape index (κ3) is 2.99. The zero-order valence-corrected chi connectivity index (χ0v) is 10.9. The summed E-state index contributed by atoms with van der Waals surface area (Å²) in [5.74, 6) is 0.146. The Morgan fingerprint density at radius 1 is 1.24 bits per heavy atom. The van der Waals surface area contributed by atoms with E-state index in [1.165, 1.54) is 25.9 Å². The molecule has 0 aromatic heterocycles. The molecule has 0 spiro atoms. The van der Waals surface area contributed by atoms with E-state index in [2.05, 4.69) is 4.90 Å². The average Bonchev–Trinajstić information content (AvgIpc) is 2.91. The van der Waals surface area contributed by atoms with Crippen molar-refractivity contribution in [1.82, 2.24) is 9.80 Å². The van der Waals surface area contributed by atoms with Gasteiger partial charge in [-0.2, -0.15) is 0 Å². The maximum atomic E-state index is 11.9. The molecule has 0 radical (unpaired) electrons. The molecule has 4 nitrogen and oxygen atoms in total.